The summed E-state index contributed by atoms with van der Waals surface area (Å²) in [5.74, 6) is -0.951. The number of hydrogen-bond acceptors (Lipinski definition) is 3. The monoisotopic (exact) mass is 242 g/mol. The van der Waals surface area contributed by atoms with Gasteiger partial charge >= 0.3 is 5.97 Å². The Morgan fingerprint density at radius 2 is 2.17 bits per heavy atom. The summed E-state index contributed by atoms with van der Waals surface area (Å²) in [4.78, 5) is 17.5. The lowest BCUT2D eigenvalue weighted by molar-refractivity contribution is -0.140. The van der Waals surface area contributed by atoms with Gasteiger partial charge in [0.15, 0.2) is 0 Å². The third-order valence-corrected chi connectivity index (χ3v) is 3.50. The highest BCUT2D eigenvalue weighted by atomic mass is 16.4. The van der Waals surface area contributed by atoms with Gasteiger partial charge in [-0.1, -0.05) is 18.2 Å². The van der Waals surface area contributed by atoms with Crippen molar-refractivity contribution in [2.45, 2.75) is 6.42 Å². The quantitative estimate of drug-likeness (QED) is 0.876. The van der Waals surface area contributed by atoms with Crippen LogP contribution in [0, 0.1) is 5.92 Å². The standard InChI is InChI=1S/C14H14N2O2/c17-14(18)10-6-8-16(9-10)13-5-7-15-12-4-2-1-3-11(12)13/h1-5,7,10H,6,8-9H2,(H,17,18)/t10-/m0/s1. The molecule has 0 radical (unpaired) electrons. The van der Waals surface area contributed by atoms with E-state index >= 15 is 0 Å². The number of anilines is 1. The number of carboxylic acid groups (broad SMARTS) is 1. The minimum Gasteiger partial charge on any atom is -0.481 e. The van der Waals surface area contributed by atoms with Crippen molar-refractivity contribution in [3.05, 3.63) is 36.5 Å². The van der Waals surface area contributed by atoms with E-state index in [1.54, 1.807) is 6.20 Å². The zero-order chi connectivity index (χ0) is 12.5. The Morgan fingerprint density at radius 3 is 2.94 bits per heavy atom. The first-order valence-electron chi connectivity index (χ1n) is 6.07. The molecule has 1 atom stereocenters. The van der Waals surface area contributed by atoms with Gasteiger partial charge in [0.05, 0.1) is 11.4 Å². The molecule has 0 amide bonds. The fourth-order valence-electron chi connectivity index (χ4n) is 2.54. The predicted octanol–water partition coefficient (Wildman–Crippen LogP) is 2.15. The number of carboxylic acids is 1. The number of carbonyl (C=O) groups is 1. The Morgan fingerprint density at radius 1 is 1.33 bits per heavy atom. The highest BCUT2D eigenvalue weighted by Crippen LogP contribution is 2.29. The van der Waals surface area contributed by atoms with Crippen LogP contribution >= 0.6 is 0 Å². The van der Waals surface area contributed by atoms with Crippen LogP contribution in [0.4, 0.5) is 5.69 Å². The molecule has 92 valence electrons. The number of fused-ring (bicyclic) bond motifs is 1. The molecule has 1 N–H and O–H groups in total. The SMILES string of the molecule is O=C(O)[C@H]1CCN(c2ccnc3ccccc23)C1. The van der Waals surface area contributed by atoms with E-state index in [2.05, 4.69) is 9.88 Å². The maximum absolute atomic E-state index is 11.0. The van der Waals surface area contributed by atoms with Crippen molar-refractivity contribution in [3.63, 3.8) is 0 Å². The Kier molecular flexibility index (Phi) is 2.63. The average Bonchev–Trinajstić information content (AvgIpc) is 2.87. The summed E-state index contributed by atoms with van der Waals surface area (Å²) in [6.45, 7) is 1.38. The number of aliphatic carboxylic acids is 1. The molecule has 2 heterocycles. The van der Waals surface area contributed by atoms with E-state index in [1.165, 1.54) is 0 Å². The molecule has 4 heteroatoms. The van der Waals surface area contributed by atoms with Gasteiger partial charge < -0.3 is 10.0 Å². The number of hydrogen-bond donors (Lipinski definition) is 1. The molecule has 0 aliphatic carbocycles. The molecular weight excluding hydrogens is 228 g/mol. The van der Waals surface area contributed by atoms with Crippen molar-refractivity contribution < 1.29 is 9.90 Å². The van der Waals surface area contributed by atoms with Gasteiger partial charge in [-0.25, -0.2) is 0 Å². The number of aromatic nitrogens is 1. The molecule has 2 aromatic rings. The summed E-state index contributed by atoms with van der Waals surface area (Å²) >= 11 is 0. The van der Waals surface area contributed by atoms with Crippen molar-refractivity contribution in [1.82, 2.24) is 4.98 Å². The Balaban J connectivity index is 1.98. The molecule has 1 aromatic heterocycles. The van der Waals surface area contributed by atoms with Gasteiger partial charge in [-0.15, -0.1) is 0 Å². The lowest BCUT2D eigenvalue weighted by Crippen LogP contribution is -2.22. The van der Waals surface area contributed by atoms with Crippen LogP contribution in [0.3, 0.4) is 0 Å². The smallest absolute Gasteiger partial charge is 0.308 e. The second-order valence-electron chi connectivity index (χ2n) is 4.62. The van der Waals surface area contributed by atoms with E-state index in [0.717, 1.165) is 23.1 Å². The molecule has 0 saturated carbocycles. The van der Waals surface area contributed by atoms with Crippen LogP contribution in [0.25, 0.3) is 10.9 Å². The van der Waals surface area contributed by atoms with E-state index in [-0.39, 0.29) is 5.92 Å². The van der Waals surface area contributed by atoms with Crippen LogP contribution in [0.2, 0.25) is 0 Å². The first-order valence-corrected chi connectivity index (χ1v) is 6.07. The maximum atomic E-state index is 11.0. The van der Waals surface area contributed by atoms with Crippen molar-refractivity contribution in [2.24, 2.45) is 5.92 Å². The first kappa shape index (κ1) is 11.0. The zero-order valence-electron chi connectivity index (χ0n) is 9.91. The number of pyridine rings is 1. The summed E-state index contributed by atoms with van der Waals surface area (Å²) in [5.41, 5.74) is 2.04. The highest BCUT2D eigenvalue weighted by molar-refractivity contribution is 5.91. The van der Waals surface area contributed by atoms with E-state index in [4.69, 9.17) is 5.11 Å². The Hall–Kier alpha value is -2.10. The van der Waals surface area contributed by atoms with Gasteiger partial charge in [-0.05, 0) is 18.6 Å². The van der Waals surface area contributed by atoms with Crippen LogP contribution in [0.1, 0.15) is 6.42 Å². The fraction of sp³-hybridized carbons (Fsp3) is 0.286. The van der Waals surface area contributed by atoms with Gasteiger partial charge in [0.1, 0.15) is 0 Å². The molecule has 1 aliphatic rings. The van der Waals surface area contributed by atoms with Crippen molar-refractivity contribution in [1.29, 1.82) is 0 Å². The zero-order valence-corrected chi connectivity index (χ0v) is 9.91. The third-order valence-electron chi connectivity index (χ3n) is 3.50. The number of rotatable bonds is 2. The molecule has 18 heavy (non-hydrogen) atoms. The minimum absolute atomic E-state index is 0.253. The Labute approximate surface area is 105 Å². The summed E-state index contributed by atoms with van der Waals surface area (Å²) in [7, 11) is 0. The summed E-state index contributed by atoms with van der Waals surface area (Å²) in [6.07, 6.45) is 2.50. The van der Waals surface area contributed by atoms with Gasteiger partial charge in [0, 0.05) is 30.4 Å². The second-order valence-corrected chi connectivity index (χ2v) is 4.62. The molecule has 4 nitrogen and oxygen atoms in total. The van der Waals surface area contributed by atoms with Gasteiger partial charge in [-0.3, -0.25) is 9.78 Å². The lowest BCUT2D eigenvalue weighted by Gasteiger charge is -2.19. The summed E-state index contributed by atoms with van der Waals surface area (Å²) in [5, 5.41) is 10.1. The van der Waals surface area contributed by atoms with Gasteiger partial charge in [0.2, 0.25) is 0 Å². The molecule has 1 aromatic carbocycles. The van der Waals surface area contributed by atoms with Gasteiger partial charge in [0.25, 0.3) is 0 Å². The second kappa shape index (κ2) is 4.29. The molecule has 1 aliphatic heterocycles. The lowest BCUT2D eigenvalue weighted by atomic mass is 10.1. The number of nitrogens with zero attached hydrogens (tertiary/aromatic N) is 2. The van der Waals surface area contributed by atoms with E-state index in [1.807, 2.05) is 30.3 Å². The van der Waals surface area contributed by atoms with Crippen LogP contribution in [-0.4, -0.2) is 29.1 Å². The van der Waals surface area contributed by atoms with Gasteiger partial charge in [-0.2, -0.15) is 0 Å². The van der Waals surface area contributed by atoms with Crippen molar-refractivity contribution >= 4 is 22.6 Å². The fourth-order valence-corrected chi connectivity index (χ4v) is 2.54. The maximum Gasteiger partial charge on any atom is 0.308 e. The van der Waals surface area contributed by atoms with E-state index < -0.39 is 5.97 Å². The molecule has 0 bridgehead atoms. The minimum atomic E-state index is -0.698. The highest BCUT2D eigenvalue weighted by Gasteiger charge is 2.28. The van der Waals surface area contributed by atoms with E-state index in [9.17, 15) is 4.79 Å². The molecule has 1 fully saturated rings. The number of benzene rings is 1. The van der Waals surface area contributed by atoms with Crippen LogP contribution in [-0.2, 0) is 4.79 Å². The van der Waals surface area contributed by atoms with E-state index in [0.29, 0.717) is 13.0 Å². The van der Waals surface area contributed by atoms with Crippen molar-refractivity contribution in [2.75, 3.05) is 18.0 Å². The third kappa shape index (κ3) is 1.79. The molecular formula is C14H14N2O2. The molecule has 1 saturated heterocycles. The summed E-state index contributed by atoms with van der Waals surface area (Å²) in [6, 6.07) is 9.92. The Bertz CT molecular complexity index is 592. The summed E-state index contributed by atoms with van der Waals surface area (Å²) < 4.78 is 0. The van der Waals surface area contributed by atoms with Crippen LogP contribution in [0.15, 0.2) is 36.5 Å². The van der Waals surface area contributed by atoms with Crippen LogP contribution < -0.4 is 4.90 Å². The first-order chi connectivity index (χ1) is 8.75. The predicted molar refractivity (Wildman–Crippen MR) is 69.7 cm³/mol. The normalized spacial score (nSPS) is 19.3. The van der Waals surface area contributed by atoms with Crippen molar-refractivity contribution in [3.8, 4) is 0 Å². The van der Waals surface area contributed by atoms with Crippen LogP contribution in [0.5, 0.6) is 0 Å². The largest absolute Gasteiger partial charge is 0.481 e. The molecule has 0 unspecified atom stereocenters. The molecule has 0 spiro atoms. The topological polar surface area (TPSA) is 53.4 Å². The number of para-hydroxylation sites is 1. The molecule has 3 rings (SSSR count). The average molecular weight is 242 g/mol.